The van der Waals surface area contributed by atoms with Gasteiger partial charge in [-0.2, -0.15) is 0 Å². The van der Waals surface area contributed by atoms with Crippen molar-refractivity contribution < 1.29 is 24.2 Å². The van der Waals surface area contributed by atoms with Crippen molar-refractivity contribution in [3.05, 3.63) is 0 Å². The Morgan fingerprint density at radius 2 is 1.90 bits per heavy atom. The van der Waals surface area contributed by atoms with E-state index in [-0.39, 0.29) is 11.8 Å². The van der Waals surface area contributed by atoms with Crippen LogP contribution in [-0.4, -0.2) is 58.6 Å². The molecule has 0 atom stereocenters. The summed E-state index contributed by atoms with van der Waals surface area (Å²) >= 11 is 1.51. The van der Waals surface area contributed by atoms with Crippen LogP contribution in [0.2, 0.25) is 0 Å². The van der Waals surface area contributed by atoms with Crippen molar-refractivity contribution in [2.24, 2.45) is 0 Å². The van der Waals surface area contributed by atoms with Crippen molar-refractivity contribution in [2.75, 3.05) is 25.6 Å². The highest BCUT2D eigenvalue weighted by Gasteiger charge is 2.27. The number of rotatable bonds is 4. The first kappa shape index (κ1) is 17.1. The highest BCUT2D eigenvalue weighted by atomic mass is 32.2. The predicted octanol–water partition coefficient (Wildman–Crippen LogP) is 1.61. The summed E-state index contributed by atoms with van der Waals surface area (Å²) < 4.78 is 9.78. The molecule has 1 amide bonds. The van der Waals surface area contributed by atoms with Crippen molar-refractivity contribution in [1.29, 1.82) is 0 Å². The second-order valence-corrected chi connectivity index (χ2v) is 6.91. The van der Waals surface area contributed by atoms with Gasteiger partial charge < -0.3 is 19.5 Å². The number of esters is 1. The standard InChI is InChI=1S/C13H23NO5S/c1-13(2,3)19-12(17)14-6-4-10(5-7-14)20-8-11(16)18-9-15/h10,15H,4-9H2,1-3H3. The zero-order valence-corrected chi connectivity index (χ0v) is 13.1. The molecular formula is C13H23NO5S. The molecule has 1 fully saturated rings. The van der Waals surface area contributed by atoms with Gasteiger partial charge in [0, 0.05) is 18.3 Å². The molecule has 0 saturated carbocycles. The lowest BCUT2D eigenvalue weighted by Gasteiger charge is -2.33. The maximum atomic E-state index is 11.9. The molecule has 0 radical (unpaired) electrons. The van der Waals surface area contributed by atoms with Gasteiger partial charge in [-0.05, 0) is 33.6 Å². The number of nitrogens with zero attached hydrogens (tertiary/aromatic N) is 1. The second kappa shape index (κ2) is 7.73. The first-order chi connectivity index (χ1) is 9.31. The van der Waals surface area contributed by atoms with E-state index in [4.69, 9.17) is 9.84 Å². The van der Waals surface area contributed by atoms with Crippen LogP contribution in [0.15, 0.2) is 0 Å². The van der Waals surface area contributed by atoms with Crippen molar-refractivity contribution in [1.82, 2.24) is 4.90 Å². The third-order valence-electron chi connectivity index (χ3n) is 2.76. The van der Waals surface area contributed by atoms with Crippen molar-refractivity contribution in [2.45, 2.75) is 44.5 Å². The minimum Gasteiger partial charge on any atom is -0.444 e. The fourth-order valence-electron chi connectivity index (χ4n) is 1.83. The van der Waals surface area contributed by atoms with Gasteiger partial charge in [0.25, 0.3) is 0 Å². The number of aliphatic hydroxyl groups is 1. The van der Waals surface area contributed by atoms with E-state index in [2.05, 4.69) is 4.74 Å². The number of ether oxygens (including phenoxy) is 2. The number of likely N-dealkylation sites (tertiary alicyclic amines) is 1. The molecule has 0 aromatic heterocycles. The molecule has 1 heterocycles. The quantitative estimate of drug-likeness (QED) is 0.628. The van der Waals surface area contributed by atoms with Gasteiger partial charge in [0.05, 0.1) is 5.75 Å². The molecule has 0 aromatic carbocycles. The Kier molecular flexibility index (Phi) is 6.61. The highest BCUT2D eigenvalue weighted by Crippen LogP contribution is 2.24. The lowest BCUT2D eigenvalue weighted by molar-refractivity contribution is -0.148. The minimum absolute atomic E-state index is 0.234. The normalized spacial score (nSPS) is 16.9. The van der Waals surface area contributed by atoms with Gasteiger partial charge in [-0.25, -0.2) is 4.79 Å². The first-order valence-electron chi connectivity index (χ1n) is 6.68. The largest absolute Gasteiger partial charge is 0.444 e. The van der Waals surface area contributed by atoms with Gasteiger partial charge in [0.1, 0.15) is 5.60 Å². The molecule has 0 spiro atoms. The SMILES string of the molecule is CC(C)(C)OC(=O)N1CCC(SCC(=O)OCO)CC1. The third-order valence-corrected chi connectivity index (χ3v) is 4.10. The fourth-order valence-corrected chi connectivity index (χ4v) is 2.83. The first-order valence-corrected chi connectivity index (χ1v) is 7.72. The van der Waals surface area contributed by atoms with Crippen LogP contribution >= 0.6 is 11.8 Å². The smallest absolute Gasteiger partial charge is 0.410 e. The number of hydrogen-bond donors (Lipinski definition) is 1. The molecule has 0 unspecified atom stereocenters. The van der Waals surface area contributed by atoms with Crippen LogP contribution in [0.4, 0.5) is 4.79 Å². The zero-order chi connectivity index (χ0) is 15.2. The molecule has 0 bridgehead atoms. The predicted molar refractivity (Wildman–Crippen MR) is 76.5 cm³/mol. The average Bonchev–Trinajstić information content (AvgIpc) is 2.35. The molecule has 20 heavy (non-hydrogen) atoms. The minimum atomic E-state index is -0.573. The van der Waals surface area contributed by atoms with E-state index in [1.807, 2.05) is 20.8 Å². The van der Waals surface area contributed by atoms with Crippen LogP contribution in [0.3, 0.4) is 0 Å². The van der Waals surface area contributed by atoms with Crippen LogP contribution < -0.4 is 0 Å². The Labute approximate surface area is 123 Å². The zero-order valence-electron chi connectivity index (χ0n) is 12.3. The molecule has 6 nitrogen and oxygen atoms in total. The molecule has 1 aliphatic rings. The number of thioether (sulfide) groups is 1. The van der Waals surface area contributed by atoms with Gasteiger partial charge in [0.15, 0.2) is 6.79 Å². The summed E-state index contributed by atoms with van der Waals surface area (Å²) in [5.41, 5.74) is -0.475. The molecule has 1 saturated heterocycles. The summed E-state index contributed by atoms with van der Waals surface area (Å²) in [5, 5.41) is 8.79. The second-order valence-electron chi connectivity index (χ2n) is 5.62. The molecular weight excluding hydrogens is 282 g/mol. The Balaban J connectivity index is 2.26. The van der Waals surface area contributed by atoms with E-state index in [1.165, 1.54) is 11.8 Å². The van der Waals surface area contributed by atoms with Crippen LogP contribution in [0.5, 0.6) is 0 Å². The van der Waals surface area contributed by atoms with E-state index in [0.717, 1.165) is 12.8 Å². The molecule has 0 aliphatic carbocycles. The molecule has 1 N–H and O–H groups in total. The van der Waals surface area contributed by atoms with Crippen LogP contribution in [-0.2, 0) is 14.3 Å². The van der Waals surface area contributed by atoms with E-state index in [9.17, 15) is 9.59 Å². The number of carbonyl (C=O) groups excluding carboxylic acids is 2. The number of hydrogen-bond acceptors (Lipinski definition) is 6. The summed E-state index contributed by atoms with van der Waals surface area (Å²) in [5.74, 6) is -0.176. The van der Waals surface area contributed by atoms with Gasteiger partial charge in [-0.15, -0.1) is 11.8 Å². The third kappa shape index (κ3) is 6.47. The molecule has 0 aromatic rings. The van der Waals surface area contributed by atoms with E-state index >= 15 is 0 Å². The average molecular weight is 305 g/mol. The fraction of sp³-hybridized carbons (Fsp3) is 0.846. The monoisotopic (exact) mass is 305 g/mol. The van der Waals surface area contributed by atoms with Crippen molar-refractivity contribution >= 4 is 23.8 Å². The number of piperidine rings is 1. The maximum Gasteiger partial charge on any atom is 0.410 e. The maximum absolute atomic E-state index is 11.9. The van der Waals surface area contributed by atoms with Crippen molar-refractivity contribution in [3.8, 4) is 0 Å². The number of amides is 1. The van der Waals surface area contributed by atoms with Crippen molar-refractivity contribution in [3.63, 3.8) is 0 Å². The van der Waals surface area contributed by atoms with E-state index in [0.29, 0.717) is 18.3 Å². The van der Waals surface area contributed by atoms with Crippen LogP contribution in [0.1, 0.15) is 33.6 Å². The van der Waals surface area contributed by atoms with Gasteiger partial charge >= 0.3 is 12.1 Å². The summed E-state index contributed by atoms with van der Waals surface area (Å²) in [6, 6.07) is 0. The Hall–Kier alpha value is -0.950. The topological polar surface area (TPSA) is 76.1 Å². The Morgan fingerprint density at radius 1 is 1.30 bits per heavy atom. The van der Waals surface area contributed by atoms with E-state index < -0.39 is 18.4 Å². The molecule has 116 valence electrons. The highest BCUT2D eigenvalue weighted by molar-refractivity contribution is 8.00. The summed E-state index contributed by atoms with van der Waals surface area (Å²) in [6.45, 7) is 6.25. The lowest BCUT2D eigenvalue weighted by atomic mass is 10.1. The molecule has 7 heteroatoms. The summed E-state index contributed by atoms with van der Waals surface area (Å²) in [6.07, 6.45) is 1.38. The number of aliphatic hydroxyl groups excluding tert-OH is 1. The van der Waals surface area contributed by atoms with Gasteiger partial charge in [-0.1, -0.05) is 0 Å². The lowest BCUT2D eigenvalue weighted by Crippen LogP contribution is -2.42. The Bertz CT molecular complexity index is 334. The van der Waals surface area contributed by atoms with Crippen LogP contribution in [0.25, 0.3) is 0 Å². The molecule has 1 aliphatic heterocycles. The molecule has 1 rings (SSSR count). The van der Waals surface area contributed by atoms with Gasteiger partial charge in [0.2, 0.25) is 0 Å². The Morgan fingerprint density at radius 3 is 2.40 bits per heavy atom. The van der Waals surface area contributed by atoms with E-state index in [1.54, 1.807) is 4.90 Å². The van der Waals surface area contributed by atoms with Crippen LogP contribution in [0, 0.1) is 0 Å². The number of carbonyl (C=O) groups is 2. The summed E-state index contributed by atoms with van der Waals surface area (Å²) in [4.78, 5) is 24.7. The van der Waals surface area contributed by atoms with Gasteiger partial charge in [-0.3, -0.25) is 4.79 Å². The summed E-state index contributed by atoms with van der Waals surface area (Å²) in [7, 11) is 0.